The summed E-state index contributed by atoms with van der Waals surface area (Å²) < 4.78 is 5.63. The van der Waals surface area contributed by atoms with Crippen molar-refractivity contribution in [2.24, 2.45) is 0 Å². The Labute approximate surface area is 135 Å². The van der Waals surface area contributed by atoms with E-state index in [2.05, 4.69) is 25.4 Å². The van der Waals surface area contributed by atoms with Gasteiger partial charge in [-0.2, -0.15) is 11.8 Å². The minimum absolute atomic E-state index is 0.157. The molecule has 1 rings (SSSR count). The third kappa shape index (κ3) is 6.55. The average Bonchev–Trinajstić information content (AvgIpc) is 2.40. The lowest BCUT2D eigenvalue weighted by Gasteiger charge is -2.23. The van der Waals surface area contributed by atoms with Crippen LogP contribution in [0.4, 0.5) is 0 Å². The quantitative estimate of drug-likeness (QED) is 0.762. The van der Waals surface area contributed by atoms with Crippen LogP contribution in [-0.4, -0.2) is 41.9 Å². The smallest absolute Gasteiger partial charge is 0.121 e. The van der Waals surface area contributed by atoms with Crippen LogP contribution in [0.5, 0.6) is 5.75 Å². The zero-order valence-corrected chi connectivity index (χ0v) is 14.3. The lowest BCUT2D eigenvalue weighted by atomic mass is 10.2. The third-order valence-electron chi connectivity index (χ3n) is 2.82. The topological polar surface area (TPSA) is 41.5 Å². The molecule has 3 nitrogen and oxygen atoms in total. The first-order valence-electron chi connectivity index (χ1n) is 6.36. The summed E-state index contributed by atoms with van der Waals surface area (Å²) in [6.45, 7) is 5.85. The number of thioether (sulfide) groups is 1. The summed E-state index contributed by atoms with van der Waals surface area (Å²) in [6, 6.07) is 5.04. The SMILES string of the molecule is CSC(C)(C)CNCC(O)COc1ccc(Cl)c(Cl)c1. The van der Waals surface area contributed by atoms with Crippen LogP contribution in [0.1, 0.15) is 13.8 Å². The van der Waals surface area contributed by atoms with Gasteiger partial charge in [0.1, 0.15) is 18.5 Å². The molecule has 114 valence electrons. The molecule has 0 bridgehead atoms. The van der Waals surface area contributed by atoms with Gasteiger partial charge in [-0.15, -0.1) is 0 Å². The van der Waals surface area contributed by atoms with Crippen molar-refractivity contribution in [3.8, 4) is 5.75 Å². The molecule has 0 amide bonds. The normalized spacial score (nSPS) is 13.3. The van der Waals surface area contributed by atoms with Crippen LogP contribution in [0.15, 0.2) is 18.2 Å². The van der Waals surface area contributed by atoms with Crippen molar-refractivity contribution in [2.45, 2.75) is 24.7 Å². The Morgan fingerprint density at radius 1 is 1.35 bits per heavy atom. The predicted molar refractivity (Wildman–Crippen MR) is 88.4 cm³/mol. The Kier molecular flexibility index (Phi) is 7.48. The first-order valence-corrected chi connectivity index (χ1v) is 8.34. The zero-order valence-electron chi connectivity index (χ0n) is 12.0. The molecule has 0 saturated heterocycles. The number of nitrogens with one attached hydrogen (secondary N) is 1. The lowest BCUT2D eigenvalue weighted by Crippen LogP contribution is -2.38. The maximum Gasteiger partial charge on any atom is 0.121 e. The molecule has 0 heterocycles. The first-order chi connectivity index (χ1) is 9.34. The molecule has 1 atom stereocenters. The minimum atomic E-state index is -0.567. The maximum absolute atomic E-state index is 9.85. The van der Waals surface area contributed by atoms with Crippen molar-refractivity contribution >= 4 is 35.0 Å². The van der Waals surface area contributed by atoms with Gasteiger partial charge in [0, 0.05) is 23.9 Å². The highest BCUT2D eigenvalue weighted by Crippen LogP contribution is 2.26. The van der Waals surface area contributed by atoms with Gasteiger partial charge in [0.05, 0.1) is 10.0 Å². The van der Waals surface area contributed by atoms with Crippen molar-refractivity contribution in [1.82, 2.24) is 5.32 Å². The Morgan fingerprint density at radius 2 is 2.05 bits per heavy atom. The van der Waals surface area contributed by atoms with Gasteiger partial charge in [0.2, 0.25) is 0 Å². The molecule has 1 aromatic carbocycles. The van der Waals surface area contributed by atoms with E-state index in [0.717, 1.165) is 6.54 Å². The molecule has 20 heavy (non-hydrogen) atoms. The minimum Gasteiger partial charge on any atom is -0.491 e. The second kappa shape index (κ2) is 8.35. The molecule has 0 fully saturated rings. The number of aliphatic hydroxyl groups is 1. The van der Waals surface area contributed by atoms with E-state index < -0.39 is 6.10 Å². The van der Waals surface area contributed by atoms with Gasteiger partial charge in [-0.05, 0) is 32.2 Å². The van der Waals surface area contributed by atoms with Crippen LogP contribution >= 0.6 is 35.0 Å². The van der Waals surface area contributed by atoms with Crippen molar-refractivity contribution in [3.05, 3.63) is 28.2 Å². The van der Waals surface area contributed by atoms with Crippen molar-refractivity contribution in [3.63, 3.8) is 0 Å². The van der Waals surface area contributed by atoms with E-state index in [1.807, 2.05) is 0 Å². The number of benzene rings is 1. The number of ether oxygens (including phenoxy) is 1. The summed E-state index contributed by atoms with van der Waals surface area (Å²) in [5.74, 6) is 0.600. The standard InChI is InChI=1S/C14H21Cl2NO2S/c1-14(2,20-3)9-17-7-10(18)8-19-11-4-5-12(15)13(16)6-11/h4-6,10,17-18H,7-9H2,1-3H3. The second-order valence-corrected chi connectivity index (χ2v) is 7.46. The lowest BCUT2D eigenvalue weighted by molar-refractivity contribution is 0.106. The van der Waals surface area contributed by atoms with Crippen LogP contribution in [0, 0.1) is 0 Å². The molecule has 2 N–H and O–H groups in total. The molecule has 0 aliphatic heterocycles. The molecule has 1 unspecified atom stereocenters. The van der Waals surface area contributed by atoms with Gasteiger partial charge in [0.15, 0.2) is 0 Å². The monoisotopic (exact) mass is 337 g/mol. The van der Waals surface area contributed by atoms with E-state index in [0.29, 0.717) is 22.3 Å². The first kappa shape index (κ1) is 17.9. The summed E-state index contributed by atoms with van der Waals surface area (Å²) in [5.41, 5.74) is 0. The second-order valence-electron chi connectivity index (χ2n) is 5.14. The summed E-state index contributed by atoms with van der Waals surface area (Å²) >= 11 is 13.5. The van der Waals surface area contributed by atoms with Crippen molar-refractivity contribution in [1.29, 1.82) is 0 Å². The summed E-state index contributed by atoms with van der Waals surface area (Å²) in [5, 5.41) is 14.0. The van der Waals surface area contributed by atoms with E-state index in [9.17, 15) is 5.11 Å². The van der Waals surface area contributed by atoms with Gasteiger partial charge >= 0.3 is 0 Å². The van der Waals surface area contributed by atoms with Crippen LogP contribution < -0.4 is 10.1 Å². The molecule has 0 aromatic heterocycles. The third-order valence-corrected chi connectivity index (χ3v) is 4.81. The molecule has 0 saturated carbocycles. The van der Waals surface area contributed by atoms with E-state index in [-0.39, 0.29) is 11.4 Å². The van der Waals surface area contributed by atoms with E-state index in [4.69, 9.17) is 27.9 Å². The van der Waals surface area contributed by atoms with Crippen LogP contribution in [0.25, 0.3) is 0 Å². The zero-order chi connectivity index (χ0) is 15.2. The van der Waals surface area contributed by atoms with Crippen molar-refractivity contribution < 1.29 is 9.84 Å². The molecule has 0 aliphatic carbocycles. The number of hydrogen-bond donors (Lipinski definition) is 2. The summed E-state index contributed by atoms with van der Waals surface area (Å²) in [6.07, 6.45) is 1.51. The fraction of sp³-hybridized carbons (Fsp3) is 0.571. The highest BCUT2D eigenvalue weighted by atomic mass is 35.5. The highest BCUT2D eigenvalue weighted by molar-refractivity contribution is 7.99. The van der Waals surface area contributed by atoms with Gasteiger partial charge in [-0.25, -0.2) is 0 Å². The largest absolute Gasteiger partial charge is 0.491 e. The van der Waals surface area contributed by atoms with Crippen molar-refractivity contribution in [2.75, 3.05) is 26.0 Å². The van der Waals surface area contributed by atoms with Crippen LogP contribution in [-0.2, 0) is 0 Å². The fourth-order valence-corrected chi connectivity index (χ4v) is 1.96. The van der Waals surface area contributed by atoms with E-state index in [1.165, 1.54) is 0 Å². The molecular formula is C14H21Cl2NO2S. The fourth-order valence-electron chi connectivity index (χ4n) is 1.43. The van der Waals surface area contributed by atoms with Gasteiger partial charge in [-0.3, -0.25) is 0 Å². The number of halogens is 2. The predicted octanol–water partition coefficient (Wildman–Crippen LogP) is 3.46. The Morgan fingerprint density at radius 3 is 2.65 bits per heavy atom. The Bertz CT molecular complexity index is 430. The molecule has 0 aliphatic rings. The number of aliphatic hydroxyl groups excluding tert-OH is 1. The maximum atomic E-state index is 9.85. The van der Waals surface area contributed by atoms with Crippen LogP contribution in [0.3, 0.4) is 0 Å². The molecular weight excluding hydrogens is 317 g/mol. The van der Waals surface area contributed by atoms with E-state index in [1.54, 1.807) is 30.0 Å². The Hall–Kier alpha value is -0.130. The van der Waals surface area contributed by atoms with E-state index >= 15 is 0 Å². The van der Waals surface area contributed by atoms with Gasteiger partial charge in [-0.1, -0.05) is 23.2 Å². The Balaban J connectivity index is 2.29. The molecule has 1 aromatic rings. The van der Waals surface area contributed by atoms with Crippen LogP contribution in [0.2, 0.25) is 10.0 Å². The van der Waals surface area contributed by atoms with Gasteiger partial charge in [0.25, 0.3) is 0 Å². The summed E-state index contributed by atoms with van der Waals surface area (Å²) in [4.78, 5) is 0. The number of rotatable bonds is 8. The summed E-state index contributed by atoms with van der Waals surface area (Å²) in [7, 11) is 0. The number of hydrogen-bond acceptors (Lipinski definition) is 4. The van der Waals surface area contributed by atoms with Gasteiger partial charge < -0.3 is 15.2 Å². The molecule has 0 spiro atoms. The highest BCUT2D eigenvalue weighted by Gasteiger charge is 2.16. The molecule has 0 radical (unpaired) electrons. The molecule has 6 heteroatoms. The average molecular weight is 338 g/mol.